The van der Waals surface area contributed by atoms with Crippen LogP contribution >= 0.6 is 27.3 Å². The Bertz CT molecular complexity index is 1130. The number of nitrogens with one attached hydrogen (secondary N) is 1. The molecule has 1 aliphatic heterocycles. The predicted molar refractivity (Wildman–Crippen MR) is 112 cm³/mol. The summed E-state index contributed by atoms with van der Waals surface area (Å²) in [6.45, 7) is 0. The molecule has 0 radical (unpaired) electrons. The molecular weight excluding hydrogens is 461 g/mol. The minimum absolute atomic E-state index is 0.147. The molecule has 0 saturated heterocycles. The number of carbonyl (C=O) groups excluding carboxylic acids is 1. The van der Waals surface area contributed by atoms with Crippen LogP contribution in [0.5, 0.6) is 5.75 Å². The first-order valence-electron chi connectivity index (χ1n) is 8.68. The van der Waals surface area contributed by atoms with E-state index in [0.29, 0.717) is 27.0 Å². The Morgan fingerprint density at radius 2 is 2.00 bits per heavy atom. The first-order valence-corrected chi connectivity index (χ1v) is 10.3. The Kier molecular flexibility index (Phi) is 5.14. The van der Waals surface area contributed by atoms with Crippen LogP contribution in [0.4, 0.5) is 10.1 Å². The van der Waals surface area contributed by atoms with E-state index in [9.17, 15) is 19.1 Å². The maximum absolute atomic E-state index is 13.7. The zero-order valence-electron chi connectivity index (χ0n) is 15.2. The van der Waals surface area contributed by atoms with Crippen molar-refractivity contribution in [1.29, 1.82) is 0 Å². The summed E-state index contributed by atoms with van der Waals surface area (Å²) < 4.78 is 19.2. The second kappa shape index (κ2) is 7.61. The molecule has 4 rings (SSSR count). The van der Waals surface area contributed by atoms with E-state index in [1.54, 1.807) is 43.5 Å². The van der Waals surface area contributed by atoms with Gasteiger partial charge in [-0.05, 0) is 51.3 Å². The number of fused-ring (bicyclic) bond motifs is 1. The van der Waals surface area contributed by atoms with Crippen molar-refractivity contribution >= 4 is 44.8 Å². The lowest BCUT2D eigenvalue weighted by molar-refractivity contribution is -0.116. The van der Waals surface area contributed by atoms with Crippen LogP contribution in [0, 0.1) is 5.82 Å². The molecule has 8 heteroatoms. The third-order valence-electron chi connectivity index (χ3n) is 4.82. The van der Waals surface area contributed by atoms with E-state index >= 15 is 0 Å². The third-order valence-corrected chi connectivity index (χ3v) is 6.72. The lowest BCUT2D eigenvalue weighted by Crippen LogP contribution is -2.22. The number of amides is 1. The number of rotatable bonds is 4. The zero-order valence-corrected chi connectivity index (χ0v) is 17.6. The summed E-state index contributed by atoms with van der Waals surface area (Å²) in [5.41, 5.74) is 2.38. The molecule has 2 heterocycles. The van der Waals surface area contributed by atoms with E-state index in [0.717, 1.165) is 21.8 Å². The second-order valence-corrected chi connectivity index (χ2v) is 8.46. The molecule has 0 spiro atoms. The van der Waals surface area contributed by atoms with Crippen molar-refractivity contribution in [2.75, 3.05) is 12.4 Å². The largest absolute Gasteiger partial charge is 0.497 e. The highest BCUT2D eigenvalue weighted by atomic mass is 79.9. The summed E-state index contributed by atoms with van der Waals surface area (Å²) in [6.07, 6.45) is 0.159. The number of thiophene rings is 1. The van der Waals surface area contributed by atoms with Crippen LogP contribution in [0.15, 0.2) is 46.9 Å². The monoisotopic (exact) mass is 475 g/mol. The van der Waals surface area contributed by atoms with Gasteiger partial charge in [-0.3, -0.25) is 4.79 Å². The summed E-state index contributed by atoms with van der Waals surface area (Å²) >= 11 is 4.32. The third kappa shape index (κ3) is 3.54. The van der Waals surface area contributed by atoms with E-state index in [1.165, 1.54) is 6.07 Å². The van der Waals surface area contributed by atoms with Gasteiger partial charge in [0.2, 0.25) is 5.91 Å². The minimum atomic E-state index is -1.07. The van der Waals surface area contributed by atoms with Gasteiger partial charge in [-0.1, -0.05) is 18.2 Å². The molecule has 2 N–H and O–H groups in total. The van der Waals surface area contributed by atoms with Gasteiger partial charge >= 0.3 is 5.97 Å². The van der Waals surface area contributed by atoms with Gasteiger partial charge < -0.3 is 15.2 Å². The van der Waals surface area contributed by atoms with Crippen LogP contribution in [0.25, 0.3) is 11.1 Å². The van der Waals surface area contributed by atoms with Crippen LogP contribution in [0.1, 0.15) is 32.5 Å². The van der Waals surface area contributed by atoms with Crippen LogP contribution in [0.2, 0.25) is 0 Å². The van der Waals surface area contributed by atoms with Gasteiger partial charge in [0.25, 0.3) is 0 Å². The first kappa shape index (κ1) is 19.6. The number of anilines is 1. The second-order valence-electron chi connectivity index (χ2n) is 6.56. The Labute approximate surface area is 178 Å². The highest BCUT2D eigenvalue weighted by molar-refractivity contribution is 9.10. The molecule has 0 saturated carbocycles. The molecule has 3 aromatic rings. The smallest absolute Gasteiger partial charge is 0.346 e. The Morgan fingerprint density at radius 3 is 2.62 bits per heavy atom. The SMILES string of the molecule is COc1ccc(-c2c(C(=O)O)sc3c2NC(=O)C[C@@H]3c2ccc(F)c(Br)c2)cc1. The standard InChI is InChI=1S/C21H15BrFNO4S/c1-28-12-5-2-10(3-6-12)17-18-19(29-20(17)21(26)27)13(9-16(25)24-18)11-4-7-15(23)14(22)8-11/h2-8,13H,9H2,1H3,(H,24,25)(H,26,27)/t13-/m1/s1. The first-order chi connectivity index (χ1) is 13.9. The zero-order chi connectivity index (χ0) is 20.7. The number of ether oxygens (including phenoxy) is 1. The van der Waals surface area contributed by atoms with Crippen molar-refractivity contribution in [2.45, 2.75) is 12.3 Å². The maximum Gasteiger partial charge on any atom is 0.346 e. The van der Waals surface area contributed by atoms with Crippen LogP contribution < -0.4 is 10.1 Å². The number of carboxylic acids is 1. The van der Waals surface area contributed by atoms with E-state index < -0.39 is 11.8 Å². The molecule has 29 heavy (non-hydrogen) atoms. The molecule has 5 nitrogen and oxygen atoms in total. The van der Waals surface area contributed by atoms with E-state index in [1.807, 2.05) is 0 Å². The Balaban J connectivity index is 1.90. The summed E-state index contributed by atoms with van der Waals surface area (Å²) in [4.78, 5) is 25.3. The number of aromatic carboxylic acids is 1. The fraction of sp³-hybridized carbons (Fsp3) is 0.143. The molecule has 1 amide bonds. The number of halogens is 2. The molecule has 0 aliphatic carbocycles. The van der Waals surface area contributed by atoms with Gasteiger partial charge in [0.05, 0.1) is 17.3 Å². The molecule has 1 atom stereocenters. The van der Waals surface area contributed by atoms with Gasteiger partial charge in [-0.2, -0.15) is 0 Å². The van der Waals surface area contributed by atoms with Gasteiger partial charge in [-0.15, -0.1) is 11.3 Å². The topological polar surface area (TPSA) is 75.6 Å². The number of hydrogen-bond donors (Lipinski definition) is 2. The van der Waals surface area contributed by atoms with Crippen LogP contribution in [0.3, 0.4) is 0 Å². The fourth-order valence-electron chi connectivity index (χ4n) is 3.47. The summed E-state index contributed by atoms with van der Waals surface area (Å²) in [7, 11) is 1.55. The summed E-state index contributed by atoms with van der Waals surface area (Å²) in [5, 5.41) is 12.6. The van der Waals surface area contributed by atoms with Crippen LogP contribution in [-0.2, 0) is 4.79 Å². The Hall–Kier alpha value is -2.71. The number of hydrogen-bond acceptors (Lipinski definition) is 4. The molecule has 1 aliphatic rings. The number of carboxylic acid groups (broad SMARTS) is 1. The normalized spacial score (nSPS) is 15.6. The van der Waals surface area contributed by atoms with Gasteiger partial charge in [-0.25, -0.2) is 9.18 Å². The lowest BCUT2D eigenvalue weighted by atomic mass is 9.88. The van der Waals surface area contributed by atoms with Crippen molar-refractivity contribution in [1.82, 2.24) is 0 Å². The fourth-order valence-corrected chi connectivity index (χ4v) is 5.11. The molecule has 2 aromatic carbocycles. The van der Waals surface area contributed by atoms with Crippen molar-refractivity contribution in [2.24, 2.45) is 0 Å². The molecular formula is C21H15BrFNO4S. The van der Waals surface area contributed by atoms with Crippen molar-refractivity contribution < 1.29 is 23.8 Å². The van der Waals surface area contributed by atoms with Gasteiger partial charge in [0, 0.05) is 22.8 Å². The van der Waals surface area contributed by atoms with Gasteiger partial charge in [0.15, 0.2) is 0 Å². The predicted octanol–water partition coefficient (Wildman–Crippen LogP) is 5.50. The lowest BCUT2D eigenvalue weighted by Gasteiger charge is -2.24. The highest BCUT2D eigenvalue weighted by Crippen LogP contribution is 2.49. The number of carbonyl (C=O) groups is 2. The molecule has 1 aromatic heterocycles. The van der Waals surface area contributed by atoms with E-state index in [4.69, 9.17) is 4.74 Å². The highest BCUT2D eigenvalue weighted by Gasteiger charge is 2.34. The van der Waals surface area contributed by atoms with Crippen LogP contribution in [-0.4, -0.2) is 24.1 Å². The summed E-state index contributed by atoms with van der Waals surface area (Å²) in [6, 6.07) is 11.6. The Morgan fingerprint density at radius 1 is 1.28 bits per heavy atom. The average Bonchev–Trinajstić information content (AvgIpc) is 3.09. The van der Waals surface area contributed by atoms with Gasteiger partial charge in [0.1, 0.15) is 16.4 Å². The van der Waals surface area contributed by atoms with Crippen molar-refractivity contribution in [3.63, 3.8) is 0 Å². The van der Waals surface area contributed by atoms with Crippen molar-refractivity contribution in [3.05, 3.63) is 68.1 Å². The molecule has 0 fully saturated rings. The van der Waals surface area contributed by atoms with E-state index in [-0.39, 0.29) is 23.1 Å². The summed E-state index contributed by atoms with van der Waals surface area (Å²) in [5.74, 6) is -1.39. The average molecular weight is 476 g/mol. The molecule has 0 bridgehead atoms. The number of benzene rings is 2. The molecule has 148 valence electrons. The quantitative estimate of drug-likeness (QED) is 0.522. The van der Waals surface area contributed by atoms with Crippen molar-refractivity contribution in [3.8, 4) is 16.9 Å². The molecule has 0 unspecified atom stereocenters. The van der Waals surface area contributed by atoms with E-state index in [2.05, 4.69) is 21.2 Å². The number of methoxy groups -OCH3 is 1. The maximum atomic E-state index is 13.7. The minimum Gasteiger partial charge on any atom is -0.497 e.